The molecule has 0 aliphatic heterocycles. The second-order valence-electron chi connectivity index (χ2n) is 4.39. The summed E-state index contributed by atoms with van der Waals surface area (Å²) in [5, 5.41) is 9.71. The molecule has 0 saturated heterocycles. The Morgan fingerprint density at radius 3 is 2.25 bits per heavy atom. The number of hydrogen-bond acceptors (Lipinski definition) is 1. The Hall–Kier alpha value is 1.53. The van der Waals surface area contributed by atoms with Crippen molar-refractivity contribution >= 4 is 48.9 Å². The van der Waals surface area contributed by atoms with Gasteiger partial charge in [-0.2, -0.15) is 0 Å². The molecule has 3 unspecified atom stereocenters. The molecule has 1 nitrogen and oxygen atoms in total. The molecule has 1 aliphatic rings. The molecule has 1 fully saturated rings. The van der Waals surface area contributed by atoms with Gasteiger partial charge < -0.3 is 5.11 Å². The maximum absolute atomic E-state index is 9.71. The van der Waals surface area contributed by atoms with Gasteiger partial charge in [-0.25, -0.2) is 0 Å². The molecule has 2 heteroatoms. The number of aliphatic hydroxyl groups excluding tert-OH is 1. The Morgan fingerprint density at radius 2 is 1.83 bits per heavy atom. The third-order valence-corrected chi connectivity index (χ3v) is 2.99. The van der Waals surface area contributed by atoms with Crippen LogP contribution in [0.5, 0.6) is 0 Å². The number of hydrogen-bond donors (Lipinski definition) is 1. The minimum absolute atomic E-state index is 0. The molecule has 0 heterocycles. The van der Waals surface area contributed by atoms with E-state index in [0.29, 0.717) is 11.8 Å². The monoisotopic (exact) mass is 296 g/mol. The van der Waals surface area contributed by atoms with Crippen molar-refractivity contribution in [3.8, 4) is 0 Å². The summed E-state index contributed by atoms with van der Waals surface area (Å²) >= 11 is 0. The van der Waals surface area contributed by atoms with E-state index in [4.69, 9.17) is 0 Å². The molecule has 0 aromatic carbocycles. The standard InChI is InChI=1S/C10H20O.Ba.2H/c1-7(2)9-5-4-8(3)6-10(9)11;;;/h7-11H,4-6H2,1-3H3;;;. The van der Waals surface area contributed by atoms with E-state index in [2.05, 4.69) is 20.8 Å². The van der Waals surface area contributed by atoms with Crippen LogP contribution in [0, 0.1) is 17.8 Å². The van der Waals surface area contributed by atoms with Crippen molar-refractivity contribution < 1.29 is 5.11 Å². The van der Waals surface area contributed by atoms with Crippen LogP contribution in [0.3, 0.4) is 0 Å². The fourth-order valence-corrected chi connectivity index (χ4v) is 2.15. The molecule has 70 valence electrons. The molecular weight excluding hydrogens is 273 g/mol. The molecule has 3 atom stereocenters. The summed E-state index contributed by atoms with van der Waals surface area (Å²) in [5.41, 5.74) is 0. The van der Waals surface area contributed by atoms with E-state index < -0.39 is 0 Å². The van der Waals surface area contributed by atoms with Crippen molar-refractivity contribution in [2.75, 3.05) is 0 Å². The van der Waals surface area contributed by atoms with Gasteiger partial charge in [-0.1, -0.05) is 27.2 Å². The summed E-state index contributed by atoms with van der Waals surface area (Å²) in [6, 6.07) is 0. The van der Waals surface area contributed by atoms with E-state index >= 15 is 0 Å². The van der Waals surface area contributed by atoms with Gasteiger partial charge >= 0.3 is 48.9 Å². The zero-order valence-electron chi connectivity index (χ0n) is 7.88. The fraction of sp³-hybridized carbons (Fsp3) is 1.00. The normalized spacial score (nSPS) is 36.2. The van der Waals surface area contributed by atoms with Crippen molar-refractivity contribution in [3.05, 3.63) is 0 Å². The van der Waals surface area contributed by atoms with Gasteiger partial charge in [0.05, 0.1) is 6.10 Å². The van der Waals surface area contributed by atoms with Crippen LogP contribution in [0.2, 0.25) is 0 Å². The van der Waals surface area contributed by atoms with Crippen LogP contribution in [0.4, 0.5) is 0 Å². The van der Waals surface area contributed by atoms with Crippen LogP contribution in [0.25, 0.3) is 0 Å². The van der Waals surface area contributed by atoms with Crippen molar-refractivity contribution in [3.63, 3.8) is 0 Å². The number of aliphatic hydroxyl groups is 1. The average Bonchev–Trinajstić information content (AvgIpc) is 1.85. The quantitative estimate of drug-likeness (QED) is 0.727. The predicted octanol–water partition coefficient (Wildman–Crippen LogP) is 1.52. The first kappa shape index (κ1) is 13.5. The summed E-state index contributed by atoms with van der Waals surface area (Å²) in [7, 11) is 0. The van der Waals surface area contributed by atoms with Gasteiger partial charge in [0, 0.05) is 0 Å². The third-order valence-electron chi connectivity index (χ3n) is 2.99. The van der Waals surface area contributed by atoms with E-state index in [0.717, 1.165) is 12.3 Å². The van der Waals surface area contributed by atoms with Gasteiger partial charge in [-0.05, 0) is 30.6 Å². The molecule has 12 heavy (non-hydrogen) atoms. The number of rotatable bonds is 1. The summed E-state index contributed by atoms with van der Waals surface area (Å²) in [6.07, 6.45) is 3.52. The van der Waals surface area contributed by atoms with Crippen LogP contribution in [0.15, 0.2) is 0 Å². The Labute approximate surface area is 116 Å². The first-order chi connectivity index (χ1) is 5.11. The van der Waals surface area contributed by atoms with Crippen molar-refractivity contribution in [1.29, 1.82) is 0 Å². The van der Waals surface area contributed by atoms with Crippen molar-refractivity contribution in [2.24, 2.45) is 17.8 Å². The molecule has 1 rings (SSSR count). The molecule has 0 bridgehead atoms. The molecular formula is C10H22BaO. The molecule has 1 N–H and O–H groups in total. The molecule has 0 aromatic heterocycles. The van der Waals surface area contributed by atoms with E-state index in [-0.39, 0.29) is 55.0 Å². The van der Waals surface area contributed by atoms with Gasteiger partial charge in [0.1, 0.15) is 0 Å². The first-order valence-electron chi connectivity index (χ1n) is 4.79. The predicted molar refractivity (Wildman–Crippen MR) is 55.9 cm³/mol. The van der Waals surface area contributed by atoms with Crippen LogP contribution in [-0.4, -0.2) is 60.1 Å². The molecule has 0 amide bonds. The Balaban J connectivity index is 0.00000121. The van der Waals surface area contributed by atoms with Crippen LogP contribution < -0.4 is 0 Å². The van der Waals surface area contributed by atoms with E-state index in [1.165, 1.54) is 12.8 Å². The van der Waals surface area contributed by atoms with Crippen molar-refractivity contribution in [1.82, 2.24) is 0 Å². The average molecular weight is 296 g/mol. The summed E-state index contributed by atoms with van der Waals surface area (Å²) in [6.45, 7) is 6.66. The summed E-state index contributed by atoms with van der Waals surface area (Å²) < 4.78 is 0. The van der Waals surface area contributed by atoms with Crippen molar-refractivity contribution in [2.45, 2.75) is 46.1 Å². The van der Waals surface area contributed by atoms with E-state index in [9.17, 15) is 5.11 Å². The molecule has 1 aliphatic carbocycles. The second kappa shape index (κ2) is 6.10. The Morgan fingerprint density at radius 1 is 1.25 bits per heavy atom. The van der Waals surface area contributed by atoms with Crippen LogP contribution in [-0.2, 0) is 0 Å². The maximum atomic E-state index is 9.71. The first-order valence-corrected chi connectivity index (χ1v) is 4.79. The van der Waals surface area contributed by atoms with Gasteiger partial charge in [0.2, 0.25) is 0 Å². The SMILES string of the molecule is CC1CCC(C(C)C)C(O)C1.[BaH2]. The van der Waals surface area contributed by atoms with Gasteiger partial charge in [-0.15, -0.1) is 0 Å². The van der Waals surface area contributed by atoms with Crippen LogP contribution in [0.1, 0.15) is 40.0 Å². The van der Waals surface area contributed by atoms with Gasteiger partial charge in [0.25, 0.3) is 0 Å². The summed E-state index contributed by atoms with van der Waals surface area (Å²) in [5.74, 6) is 1.95. The topological polar surface area (TPSA) is 20.2 Å². The van der Waals surface area contributed by atoms with E-state index in [1.54, 1.807) is 0 Å². The molecule has 0 aromatic rings. The zero-order valence-corrected chi connectivity index (χ0v) is 7.88. The minimum atomic E-state index is -0.0289. The van der Waals surface area contributed by atoms with Crippen LogP contribution >= 0.6 is 0 Å². The van der Waals surface area contributed by atoms with Gasteiger partial charge in [-0.3, -0.25) is 0 Å². The Kier molecular flexibility index (Phi) is 6.88. The zero-order chi connectivity index (χ0) is 8.43. The summed E-state index contributed by atoms with van der Waals surface area (Å²) in [4.78, 5) is 0. The molecule has 0 radical (unpaired) electrons. The van der Waals surface area contributed by atoms with Gasteiger partial charge in [0.15, 0.2) is 0 Å². The Bertz CT molecular complexity index is 125. The molecule has 0 spiro atoms. The third kappa shape index (κ3) is 3.72. The second-order valence-corrected chi connectivity index (χ2v) is 4.39. The fourth-order valence-electron chi connectivity index (χ4n) is 2.15. The van der Waals surface area contributed by atoms with E-state index in [1.807, 2.05) is 0 Å². The molecule has 1 saturated carbocycles.